The third-order valence-corrected chi connectivity index (χ3v) is 7.35. The number of piperidine rings is 2. The van der Waals surface area contributed by atoms with Gasteiger partial charge in [0.1, 0.15) is 17.8 Å². The molecule has 0 aromatic carbocycles. The number of anilines is 2. The number of aromatic nitrogens is 2. The van der Waals surface area contributed by atoms with E-state index >= 15 is 0 Å². The number of likely N-dealkylation sites (tertiary alicyclic amines) is 1. The summed E-state index contributed by atoms with van der Waals surface area (Å²) in [6.45, 7) is 3.53. The highest BCUT2D eigenvalue weighted by molar-refractivity contribution is 6.32. The molecule has 3 aliphatic heterocycles. The molecule has 1 saturated carbocycles. The second-order valence-electron chi connectivity index (χ2n) is 10.2. The van der Waals surface area contributed by atoms with E-state index in [1.54, 1.807) is 18.0 Å². The van der Waals surface area contributed by atoms with Crippen LogP contribution in [-0.2, 0) is 9.53 Å². The first-order chi connectivity index (χ1) is 18.7. The third kappa shape index (κ3) is 7.24. The van der Waals surface area contributed by atoms with Gasteiger partial charge < -0.3 is 25.2 Å². The molecular weight excluding hydrogens is 533 g/mol. The molecule has 5 aliphatic rings. The van der Waals surface area contributed by atoms with Gasteiger partial charge in [-0.05, 0) is 31.4 Å². The van der Waals surface area contributed by atoms with Gasteiger partial charge in [-0.15, -0.1) is 0 Å². The molecule has 0 spiro atoms. The zero-order valence-electron chi connectivity index (χ0n) is 22.7. The van der Waals surface area contributed by atoms with Gasteiger partial charge in [0.2, 0.25) is 5.95 Å². The van der Waals surface area contributed by atoms with Crippen LogP contribution in [0.1, 0.15) is 52.4 Å². The summed E-state index contributed by atoms with van der Waals surface area (Å²) in [6.07, 6.45) is 9.35. The fourth-order valence-electron chi connectivity index (χ4n) is 4.98. The molecule has 1 aromatic rings. The van der Waals surface area contributed by atoms with Gasteiger partial charge in [0.05, 0.1) is 25.3 Å². The first kappa shape index (κ1) is 29.6. The Hall–Kier alpha value is -2.37. The Bertz CT molecular complexity index is 1080. The van der Waals surface area contributed by atoms with Crippen LogP contribution in [-0.4, -0.2) is 78.3 Å². The molecule has 4 unspecified atom stereocenters. The van der Waals surface area contributed by atoms with Crippen molar-refractivity contribution < 1.29 is 22.7 Å². The van der Waals surface area contributed by atoms with Crippen molar-refractivity contribution in [1.29, 1.82) is 0 Å². The van der Waals surface area contributed by atoms with Gasteiger partial charge >= 0.3 is 0 Å². The van der Waals surface area contributed by atoms with Crippen molar-refractivity contribution in [2.75, 3.05) is 43.5 Å². The molecule has 39 heavy (non-hydrogen) atoms. The van der Waals surface area contributed by atoms with Crippen molar-refractivity contribution in [3.8, 4) is 0 Å². The molecule has 4 atom stereocenters. The highest BCUT2D eigenvalue weighted by Crippen LogP contribution is 2.39. The van der Waals surface area contributed by atoms with Gasteiger partial charge in [0.25, 0.3) is 11.8 Å². The minimum atomic E-state index is -3.05. The molecule has 12 heteroatoms. The van der Waals surface area contributed by atoms with E-state index in [0.717, 1.165) is 17.8 Å². The number of nitrogens with one attached hydrogen (secondary N) is 2. The van der Waals surface area contributed by atoms with Gasteiger partial charge in [0, 0.05) is 30.9 Å². The standard InChI is InChI=1S/C22H26ClF3N6O2.C3H6.C2H6/c1-31-16-5-4-13(7-14(16)17-18(20(31)33)34-11-22(25,26)10-28-17)29-19-15(23)8-27-21(30-19)32-6-2-3-12(24)9-32;1-2-3-1;1-2/h4-5,8,12,14,17-18,28H,2-3,6-7,9-11H2,1H3,(H,27,29,30);1-3H2;1-2H3. The minimum absolute atomic E-state index is 0.234. The molecule has 216 valence electrons. The number of likely N-dealkylation sites (N-methyl/N-ethyl adjacent to an activating group) is 1. The van der Waals surface area contributed by atoms with Crippen LogP contribution in [0.15, 0.2) is 29.7 Å². The third-order valence-electron chi connectivity index (χ3n) is 7.08. The maximum absolute atomic E-state index is 14.0. The van der Waals surface area contributed by atoms with Crippen LogP contribution in [0.5, 0.6) is 0 Å². The number of carbonyl (C=O) groups is 1. The maximum atomic E-state index is 14.0. The van der Waals surface area contributed by atoms with Gasteiger partial charge in [-0.1, -0.05) is 44.7 Å². The van der Waals surface area contributed by atoms with Crippen LogP contribution >= 0.6 is 11.6 Å². The van der Waals surface area contributed by atoms with Gasteiger partial charge in [0.15, 0.2) is 11.9 Å². The van der Waals surface area contributed by atoms with Crippen molar-refractivity contribution in [1.82, 2.24) is 20.2 Å². The second-order valence-corrected chi connectivity index (χ2v) is 10.6. The Balaban J connectivity index is 0.000000648. The number of hydrogen-bond donors (Lipinski definition) is 2. The second kappa shape index (κ2) is 12.9. The van der Waals surface area contributed by atoms with Crippen molar-refractivity contribution in [3.63, 3.8) is 0 Å². The molecule has 4 heterocycles. The van der Waals surface area contributed by atoms with E-state index in [-0.39, 0.29) is 18.4 Å². The predicted molar refractivity (Wildman–Crippen MR) is 146 cm³/mol. The fraction of sp³-hybridized carbons (Fsp3) is 0.667. The number of allylic oxidation sites excluding steroid dienone is 3. The highest BCUT2D eigenvalue weighted by Gasteiger charge is 2.50. The topological polar surface area (TPSA) is 82.6 Å². The normalized spacial score (nSPS) is 29.2. The number of ether oxygens (including phenoxy) is 1. The number of nitrogens with zero attached hydrogens (tertiary/aromatic N) is 4. The summed E-state index contributed by atoms with van der Waals surface area (Å²) in [5.74, 6) is -2.90. The lowest BCUT2D eigenvalue weighted by Gasteiger charge is -2.44. The van der Waals surface area contributed by atoms with Crippen LogP contribution in [0.25, 0.3) is 0 Å². The lowest BCUT2D eigenvalue weighted by Crippen LogP contribution is -2.59. The molecule has 6 rings (SSSR count). The van der Waals surface area contributed by atoms with Gasteiger partial charge in [-0.3, -0.25) is 4.79 Å². The summed E-state index contributed by atoms with van der Waals surface area (Å²) >= 11 is 6.34. The molecule has 1 amide bonds. The smallest absolute Gasteiger partial charge is 0.283 e. The van der Waals surface area contributed by atoms with E-state index < -0.39 is 37.4 Å². The number of carbonyl (C=O) groups excluding carboxylic acids is 1. The molecule has 3 saturated heterocycles. The van der Waals surface area contributed by atoms with Crippen molar-refractivity contribution in [3.05, 3.63) is 34.8 Å². The van der Waals surface area contributed by atoms with E-state index in [0.29, 0.717) is 36.2 Å². The summed E-state index contributed by atoms with van der Waals surface area (Å²) < 4.78 is 47.2. The fourth-order valence-corrected chi connectivity index (χ4v) is 5.12. The lowest BCUT2D eigenvalue weighted by molar-refractivity contribution is -0.152. The van der Waals surface area contributed by atoms with E-state index in [2.05, 4.69) is 20.6 Å². The highest BCUT2D eigenvalue weighted by atomic mass is 35.5. The Kier molecular flexibility index (Phi) is 9.77. The number of rotatable bonds is 3. The van der Waals surface area contributed by atoms with Crippen LogP contribution in [0.3, 0.4) is 0 Å². The van der Waals surface area contributed by atoms with E-state index in [1.807, 2.05) is 19.9 Å². The SMILES string of the molecule is C1CC1.CC.CN1C(=O)C2OCC(F)(F)CNC2C2CC(Nc3nc(N4CCCC(F)C4)ncc3Cl)=CC=C21. The molecule has 2 N–H and O–H groups in total. The first-order valence-electron chi connectivity index (χ1n) is 13.8. The summed E-state index contributed by atoms with van der Waals surface area (Å²) in [5, 5.41) is 6.39. The largest absolute Gasteiger partial charge is 0.360 e. The van der Waals surface area contributed by atoms with Crippen LogP contribution in [0.2, 0.25) is 5.02 Å². The van der Waals surface area contributed by atoms with E-state index in [1.165, 1.54) is 30.4 Å². The molecule has 0 bridgehead atoms. The van der Waals surface area contributed by atoms with Crippen molar-refractivity contribution >= 4 is 29.3 Å². The maximum Gasteiger partial charge on any atom is 0.283 e. The summed E-state index contributed by atoms with van der Waals surface area (Å²) in [7, 11) is 1.63. The number of alkyl halides is 3. The van der Waals surface area contributed by atoms with Crippen molar-refractivity contribution in [2.24, 2.45) is 5.92 Å². The minimum Gasteiger partial charge on any atom is -0.360 e. The molecule has 4 fully saturated rings. The van der Waals surface area contributed by atoms with E-state index in [4.69, 9.17) is 16.3 Å². The van der Waals surface area contributed by atoms with Crippen LogP contribution in [0.4, 0.5) is 24.9 Å². The van der Waals surface area contributed by atoms with Gasteiger partial charge in [-0.25, -0.2) is 18.2 Å². The number of halogens is 4. The zero-order valence-corrected chi connectivity index (χ0v) is 23.5. The zero-order chi connectivity index (χ0) is 28.2. The molecule has 0 radical (unpaired) electrons. The Morgan fingerprint density at radius 3 is 2.64 bits per heavy atom. The molecule has 8 nitrogen and oxygen atoms in total. The average molecular weight is 571 g/mol. The monoisotopic (exact) mass is 570 g/mol. The summed E-state index contributed by atoms with van der Waals surface area (Å²) in [4.78, 5) is 24.8. The number of hydrogen-bond acceptors (Lipinski definition) is 7. The first-order valence-corrected chi connectivity index (χ1v) is 14.2. The molecule has 2 aliphatic carbocycles. The van der Waals surface area contributed by atoms with Crippen LogP contribution in [0, 0.1) is 5.92 Å². The Labute approximate surface area is 233 Å². The summed E-state index contributed by atoms with van der Waals surface area (Å²) in [5.41, 5.74) is 1.48. The quantitative estimate of drug-likeness (QED) is 0.533. The molecule has 1 aromatic heterocycles. The molecular formula is C27H38ClF3N6O2. The predicted octanol–water partition coefficient (Wildman–Crippen LogP) is 4.93. The Morgan fingerprint density at radius 1 is 1.21 bits per heavy atom. The van der Waals surface area contributed by atoms with Crippen molar-refractivity contribution in [2.45, 2.75) is 76.6 Å². The number of amides is 1. The average Bonchev–Trinajstić information content (AvgIpc) is 3.82. The summed E-state index contributed by atoms with van der Waals surface area (Å²) in [6, 6.07) is -0.597. The van der Waals surface area contributed by atoms with E-state index in [9.17, 15) is 18.0 Å². The van der Waals surface area contributed by atoms with Crippen LogP contribution < -0.4 is 15.5 Å². The lowest BCUT2D eigenvalue weighted by atomic mass is 9.80. The van der Waals surface area contributed by atoms with Gasteiger partial charge in [-0.2, -0.15) is 4.98 Å². The number of fused-ring (bicyclic) bond motifs is 3. The Morgan fingerprint density at radius 2 is 1.95 bits per heavy atom.